The fourth-order valence-corrected chi connectivity index (χ4v) is 2.18. The van der Waals surface area contributed by atoms with Gasteiger partial charge in [0.1, 0.15) is 0 Å². The molecule has 1 heterocycles. The summed E-state index contributed by atoms with van der Waals surface area (Å²) >= 11 is 1.78. The van der Waals surface area contributed by atoms with Crippen LogP contribution in [0.25, 0.3) is 0 Å². The van der Waals surface area contributed by atoms with E-state index < -0.39 is 0 Å². The molecular weight excluding hydrogens is 156 g/mol. The van der Waals surface area contributed by atoms with Crippen LogP contribution in [0.5, 0.6) is 0 Å². The average Bonchev–Trinajstić information content (AvgIpc) is 2.52. The van der Waals surface area contributed by atoms with Gasteiger partial charge in [0.15, 0.2) is 0 Å². The Hall–Kier alpha value is -0.340. The van der Waals surface area contributed by atoms with Gasteiger partial charge in [0.25, 0.3) is 0 Å². The highest BCUT2D eigenvalue weighted by molar-refractivity contribution is 7.10. The molecule has 0 aliphatic rings. The molecule has 0 saturated carbocycles. The molecule has 11 heavy (non-hydrogen) atoms. The van der Waals surface area contributed by atoms with E-state index in [1.807, 2.05) is 0 Å². The Morgan fingerprint density at radius 3 is 2.91 bits per heavy atom. The van der Waals surface area contributed by atoms with Gasteiger partial charge in [-0.05, 0) is 30.2 Å². The van der Waals surface area contributed by atoms with Gasteiger partial charge in [-0.3, -0.25) is 0 Å². The molecule has 0 aromatic carbocycles. The van der Waals surface area contributed by atoms with Gasteiger partial charge < -0.3 is 5.11 Å². The lowest BCUT2D eigenvalue weighted by Crippen LogP contribution is -1.97. The van der Waals surface area contributed by atoms with Crippen LogP contribution in [0, 0.1) is 0 Å². The zero-order valence-corrected chi connectivity index (χ0v) is 7.60. The van der Waals surface area contributed by atoms with Gasteiger partial charge in [-0.25, -0.2) is 0 Å². The first-order valence-electron chi connectivity index (χ1n) is 4.02. The Labute approximate surface area is 71.7 Å². The number of aliphatic hydroxyl groups is 1. The third-order valence-corrected chi connectivity index (χ3v) is 2.95. The minimum absolute atomic E-state index is 0.302. The highest BCUT2D eigenvalue weighted by Gasteiger charge is 2.08. The maximum atomic E-state index is 8.77. The molecule has 0 aliphatic carbocycles. The smallest absolute Gasteiger partial charge is 0.0437 e. The monoisotopic (exact) mass is 170 g/mol. The van der Waals surface area contributed by atoms with Crippen LogP contribution >= 0.6 is 11.3 Å². The standard InChI is InChI=1S/C9H14OS/c1-2-8(5-6-10)9-4-3-7-11-9/h3-4,7-8,10H,2,5-6H2,1H3/t8-/m1/s1. The highest BCUT2D eigenvalue weighted by atomic mass is 32.1. The quantitative estimate of drug-likeness (QED) is 0.736. The van der Waals surface area contributed by atoms with E-state index in [9.17, 15) is 0 Å². The predicted molar refractivity (Wildman–Crippen MR) is 49.1 cm³/mol. The van der Waals surface area contributed by atoms with Crippen molar-refractivity contribution >= 4 is 11.3 Å². The van der Waals surface area contributed by atoms with Crippen LogP contribution in [0.1, 0.15) is 30.6 Å². The van der Waals surface area contributed by atoms with E-state index >= 15 is 0 Å². The Morgan fingerprint density at radius 2 is 2.45 bits per heavy atom. The van der Waals surface area contributed by atoms with Gasteiger partial charge in [0, 0.05) is 11.5 Å². The predicted octanol–water partition coefficient (Wildman–Crippen LogP) is 2.62. The van der Waals surface area contributed by atoms with Crippen LogP contribution in [-0.2, 0) is 0 Å². The van der Waals surface area contributed by atoms with E-state index in [1.165, 1.54) is 4.88 Å². The van der Waals surface area contributed by atoms with Crippen molar-refractivity contribution in [2.45, 2.75) is 25.7 Å². The first kappa shape index (κ1) is 8.75. The third-order valence-electron chi connectivity index (χ3n) is 1.92. The summed E-state index contributed by atoms with van der Waals surface area (Å²) in [5.41, 5.74) is 0. The summed E-state index contributed by atoms with van der Waals surface area (Å²) in [6, 6.07) is 4.22. The van der Waals surface area contributed by atoms with Gasteiger partial charge >= 0.3 is 0 Å². The summed E-state index contributed by atoms with van der Waals surface area (Å²) in [6.07, 6.45) is 2.03. The topological polar surface area (TPSA) is 20.2 Å². The second-order valence-corrected chi connectivity index (χ2v) is 3.61. The van der Waals surface area contributed by atoms with Crippen molar-refractivity contribution in [1.29, 1.82) is 0 Å². The molecule has 0 saturated heterocycles. The van der Waals surface area contributed by atoms with Crippen molar-refractivity contribution in [3.05, 3.63) is 22.4 Å². The molecule has 0 amide bonds. The summed E-state index contributed by atoms with van der Waals surface area (Å²) in [5, 5.41) is 10.9. The SMILES string of the molecule is CC[C@H](CCO)c1cccs1. The Morgan fingerprint density at radius 1 is 1.64 bits per heavy atom. The fraction of sp³-hybridized carbons (Fsp3) is 0.556. The molecule has 1 nitrogen and oxygen atoms in total. The van der Waals surface area contributed by atoms with Gasteiger partial charge in [-0.1, -0.05) is 13.0 Å². The summed E-state index contributed by atoms with van der Waals surface area (Å²) in [6.45, 7) is 2.47. The molecule has 0 unspecified atom stereocenters. The van der Waals surface area contributed by atoms with E-state index in [0.717, 1.165) is 12.8 Å². The molecule has 0 spiro atoms. The normalized spacial score (nSPS) is 13.3. The maximum Gasteiger partial charge on any atom is 0.0437 e. The Kier molecular flexibility index (Phi) is 3.60. The number of thiophene rings is 1. The van der Waals surface area contributed by atoms with Crippen LogP contribution in [-0.4, -0.2) is 11.7 Å². The zero-order valence-electron chi connectivity index (χ0n) is 6.79. The van der Waals surface area contributed by atoms with E-state index in [0.29, 0.717) is 12.5 Å². The van der Waals surface area contributed by atoms with Crippen LogP contribution < -0.4 is 0 Å². The summed E-state index contributed by atoms with van der Waals surface area (Å²) in [4.78, 5) is 1.40. The molecule has 0 radical (unpaired) electrons. The number of hydrogen-bond donors (Lipinski definition) is 1. The minimum atomic E-state index is 0.302. The zero-order chi connectivity index (χ0) is 8.10. The Balaban J connectivity index is 2.56. The molecule has 0 bridgehead atoms. The van der Waals surface area contributed by atoms with Crippen molar-refractivity contribution in [1.82, 2.24) is 0 Å². The van der Waals surface area contributed by atoms with Crippen molar-refractivity contribution < 1.29 is 5.11 Å². The van der Waals surface area contributed by atoms with Crippen molar-refractivity contribution in [2.75, 3.05) is 6.61 Å². The van der Waals surface area contributed by atoms with E-state index in [2.05, 4.69) is 24.4 Å². The molecule has 1 aromatic heterocycles. The molecular formula is C9H14OS. The molecule has 1 atom stereocenters. The van der Waals surface area contributed by atoms with Crippen molar-refractivity contribution in [3.8, 4) is 0 Å². The minimum Gasteiger partial charge on any atom is -0.396 e. The lowest BCUT2D eigenvalue weighted by molar-refractivity contribution is 0.275. The van der Waals surface area contributed by atoms with Gasteiger partial charge in [-0.2, -0.15) is 0 Å². The van der Waals surface area contributed by atoms with E-state index in [-0.39, 0.29) is 0 Å². The van der Waals surface area contributed by atoms with Crippen LogP contribution in [0.3, 0.4) is 0 Å². The van der Waals surface area contributed by atoms with E-state index in [4.69, 9.17) is 5.11 Å². The average molecular weight is 170 g/mol. The van der Waals surface area contributed by atoms with Crippen molar-refractivity contribution in [3.63, 3.8) is 0 Å². The molecule has 1 rings (SSSR count). The third kappa shape index (κ3) is 2.31. The highest BCUT2D eigenvalue weighted by Crippen LogP contribution is 2.26. The molecule has 62 valence electrons. The number of rotatable bonds is 4. The lowest BCUT2D eigenvalue weighted by Gasteiger charge is -2.09. The molecule has 1 N–H and O–H groups in total. The van der Waals surface area contributed by atoms with Gasteiger partial charge in [0.2, 0.25) is 0 Å². The van der Waals surface area contributed by atoms with Crippen LogP contribution in [0.4, 0.5) is 0 Å². The first-order valence-corrected chi connectivity index (χ1v) is 4.90. The summed E-state index contributed by atoms with van der Waals surface area (Å²) in [5.74, 6) is 0.569. The van der Waals surface area contributed by atoms with Gasteiger partial charge in [0.05, 0.1) is 0 Å². The summed E-state index contributed by atoms with van der Waals surface area (Å²) in [7, 11) is 0. The second-order valence-electron chi connectivity index (χ2n) is 2.63. The summed E-state index contributed by atoms with van der Waals surface area (Å²) < 4.78 is 0. The maximum absolute atomic E-state index is 8.77. The number of aliphatic hydroxyl groups excluding tert-OH is 1. The van der Waals surface area contributed by atoms with Crippen molar-refractivity contribution in [2.24, 2.45) is 0 Å². The second kappa shape index (κ2) is 4.52. The van der Waals surface area contributed by atoms with Crippen LogP contribution in [0.2, 0.25) is 0 Å². The molecule has 0 aliphatic heterocycles. The number of hydrogen-bond acceptors (Lipinski definition) is 2. The molecule has 0 fully saturated rings. The van der Waals surface area contributed by atoms with Crippen LogP contribution in [0.15, 0.2) is 17.5 Å². The molecule has 2 heteroatoms. The molecule has 1 aromatic rings. The van der Waals surface area contributed by atoms with E-state index in [1.54, 1.807) is 11.3 Å². The Bertz CT molecular complexity index is 181. The first-order chi connectivity index (χ1) is 5.38. The fourth-order valence-electron chi connectivity index (χ4n) is 1.23. The van der Waals surface area contributed by atoms with Gasteiger partial charge in [-0.15, -0.1) is 11.3 Å². The lowest BCUT2D eigenvalue weighted by atomic mass is 10.0. The largest absolute Gasteiger partial charge is 0.396 e.